The van der Waals surface area contributed by atoms with Gasteiger partial charge >= 0.3 is 0 Å². The maximum atomic E-state index is 13.0. The summed E-state index contributed by atoms with van der Waals surface area (Å²) in [7, 11) is 0. The third kappa shape index (κ3) is 3.12. The van der Waals surface area contributed by atoms with Gasteiger partial charge in [-0.25, -0.2) is 4.98 Å². The van der Waals surface area contributed by atoms with Crippen molar-refractivity contribution in [2.24, 2.45) is 0 Å². The van der Waals surface area contributed by atoms with E-state index < -0.39 is 0 Å². The number of fused-ring (bicyclic) bond motifs is 1. The molecule has 0 aliphatic heterocycles. The molecule has 2 N–H and O–H groups in total. The number of nitrogen functional groups attached to an aromatic ring is 1. The minimum absolute atomic E-state index is 0.189. The number of nitrogens with two attached hydrogens (primary N) is 1. The van der Waals surface area contributed by atoms with Crippen LogP contribution in [0.25, 0.3) is 21.5 Å². The summed E-state index contributed by atoms with van der Waals surface area (Å²) < 4.78 is 5.76. The van der Waals surface area contributed by atoms with Gasteiger partial charge in [0, 0.05) is 21.7 Å². The van der Waals surface area contributed by atoms with Crippen LogP contribution in [0.3, 0.4) is 0 Å². The van der Waals surface area contributed by atoms with E-state index in [9.17, 15) is 4.79 Å². The minimum Gasteiger partial charge on any atom is -0.453 e. The highest BCUT2D eigenvalue weighted by atomic mass is 35.5. The van der Waals surface area contributed by atoms with Crippen molar-refractivity contribution in [3.05, 3.63) is 68.3 Å². The molecule has 0 fully saturated rings. The number of hydrogen-bond donors (Lipinski definition) is 1. The number of thiophene rings is 1. The second-order valence-electron chi connectivity index (χ2n) is 6.22. The number of aryl methyl sites for hydroxylation is 2. The molecule has 0 aliphatic carbocycles. The Bertz CT molecular complexity index is 1210. The topological polar surface area (TPSA) is 69.1 Å². The number of ketones is 1. The molecule has 0 bridgehead atoms. The number of benzene rings is 1. The summed E-state index contributed by atoms with van der Waals surface area (Å²) in [6, 6.07) is 10.3. The largest absolute Gasteiger partial charge is 0.453 e. The number of rotatable bonds is 3. The average molecular weight is 417 g/mol. The predicted octanol–water partition coefficient (Wildman–Crippen LogP) is 6.29. The number of aromatic nitrogens is 1. The molecule has 3 aromatic heterocycles. The lowest BCUT2D eigenvalue weighted by molar-refractivity contribution is 0.101. The van der Waals surface area contributed by atoms with Crippen molar-refractivity contribution >= 4 is 56.2 Å². The highest BCUT2D eigenvalue weighted by Crippen LogP contribution is 2.37. The fraction of sp³-hybridized carbons (Fsp3) is 0.100. The molecule has 0 spiro atoms. The van der Waals surface area contributed by atoms with Crippen LogP contribution in [0.2, 0.25) is 10.0 Å². The Labute approximate surface area is 169 Å². The highest BCUT2D eigenvalue weighted by molar-refractivity contribution is 7.21. The maximum Gasteiger partial charge on any atom is 0.240 e. The van der Waals surface area contributed by atoms with Crippen LogP contribution in [0.5, 0.6) is 0 Å². The molecule has 4 rings (SSSR count). The van der Waals surface area contributed by atoms with Crippen molar-refractivity contribution < 1.29 is 9.21 Å². The number of anilines is 1. The summed E-state index contributed by atoms with van der Waals surface area (Å²) >= 11 is 13.5. The van der Waals surface area contributed by atoms with E-state index in [4.69, 9.17) is 33.4 Å². The summed E-state index contributed by atoms with van der Waals surface area (Å²) in [4.78, 5) is 18.6. The van der Waals surface area contributed by atoms with E-state index in [1.54, 1.807) is 30.3 Å². The predicted molar refractivity (Wildman–Crippen MR) is 111 cm³/mol. The zero-order valence-electron chi connectivity index (χ0n) is 14.5. The van der Waals surface area contributed by atoms with Crippen molar-refractivity contribution in [2.45, 2.75) is 13.8 Å². The first kappa shape index (κ1) is 18.0. The molecule has 7 heteroatoms. The lowest BCUT2D eigenvalue weighted by Crippen LogP contribution is -2.00. The van der Waals surface area contributed by atoms with Crippen LogP contribution in [0.1, 0.15) is 26.7 Å². The molecule has 27 heavy (non-hydrogen) atoms. The summed E-state index contributed by atoms with van der Waals surface area (Å²) in [5, 5.41) is 1.84. The SMILES string of the molecule is Cc1cc(C)c2c(N)c(C(=O)c3ccc(-c4cc(Cl)ccc4Cl)o3)sc2n1. The summed E-state index contributed by atoms with van der Waals surface area (Å²) in [5.74, 6) is 0.376. The smallest absolute Gasteiger partial charge is 0.240 e. The second kappa shape index (κ2) is 6.68. The summed E-state index contributed by atoms with van der Waals surface area (Å²) in [6.45, 7) is 3.87. The van der Waals surface area contributed by atoms with E-state index in [2.05, 4.69) is 4.98 Å². The number of furan rings is 1. The highest BCUT2D eigenvalue weighted by Gasteiger charge is 2.23. The number of carbonyl (C=O) groups is 1. The molecule has 4 aromatic rings. The zero-order chi connectivity index (χ0) is 19.3. The molecule has 1 aromatic carbocycles. The van der Waals surface area contributed by atoms with E-state index in [0.29, 0.717) is 31.9 Å². The van der Waals surface area contributed by atoms with Gasteiger partial charge in [-0.2, -0.15) is 0 Å². The first-order chi connectivity index (χ1) is 12.8. The fourth-order valence-electron chi connectivity index (χ4n) is 3.04. The number of halogens is 2. The Hall–Kier alpha value is -2.34. The minimum atomic E-state index is -0.281. The van der Waals surface area contributed by atoms with Crippen molar-refractivity contribution in [2.75, 3.05) is 5.73 Å². The fourth-order valence-corrected chi connectivity index (χ4v) is 4.58. The normalized spacial score (nSPS) is 11.3. The van der Waals surface area contributed by atoms with Gasteiger partial charge in [-0.3, -0.25) is 4.79 Å². The Balaban J connectivity index is 1.77. The van der Waals surface area contributed by atoms with Gasteiger partial charge in [0.1, 0.15) is 15.5 Å². The molecular formula is C20H14Cl2N2O2S. The van der Waals surface area contributed by atoms with E-state index in [1.165, 1.54) is 11.3 Å². The van der Waals surface area contributed by atoms with Crippen LogP contribution in [0, 0.1) is 13.8 Å². The second-order valence-corrected chi connectivity index (χ2v) is 8.07. The van der Waals surface area contributed by atoms with Gasteiger partial charge in [-0.15, -0.1) is 11.3 Å². The van der Waals surface area contributed by atoms with Crippen LogP contribution >= 0.6 is 34.5 Å². The lowest BCUT2D eigenvalue weighted by atomic mass is 10.1. The molecule has 136 valence electrons. The lowest BCUT2D eigenvalue weighted by Gasteiger charge is -2.02. The Morgan fingerprint density at radius 3 is 2.70 bits per heavy atom. The third-order valence-electron chi connectivity index (χ3n) is 4.25. The van der Waals surface area contributed by atoms with Crippen LogP contribution < -0.4 is 5.73 Å². The monoisotopic (exact) mass is 416 g/mol. The summed E-state index contributed by atoms with van der Waals surface area (Å²) in [5.41, 5.74) is 9.20. The molecule has 0 amide bonds. The van der Waals surface area contributed by atoms with Gasteiger partial charge < -0.3 is 10.2 Å². The van der Waals surface area contributed by atoms with Gasteiger partial charge in [-0.1, -0.05) is 23.2 Å². The molecule has 0 aliphatic rings. The maximum absolute atomic E-state index is 13.0. The van der Waals surface area contributed by atoms with Crippen LogP contribution in [0.15, 0.2) is 40.8 Å². The standard InChI is InChI=1S/C20H14Cl2N2O2S/c1-9-7-10(2)24-20-16(9)17(23)19(27-20)18(25)15-6-5-14(26-15)12-8-11(21)3-4-13(12)22/h3-8H,23H2,1-2H3. The van der Waals surface area contributed by atoms with Crippen molar-refractivity contribution in [1.82, 2.24) is 4.98 Å². The molecule has 0 atom stereocenters. The Morgan fingerprint density at radius 1 is 1.15 bits per heavy atom. The van der Waals surface area contributed by atoms with E-state index >= 15 is 0 Å². The molecule has 0 unspecified atom stereocenters. The summed E-state index contributed by atoms with van der Waals surface area (Å²) in [6.07, 6.45) is 0. The first-order valence-electron chi connectivity index (χ1n) is 8.11. The number of pyridine rings is 1. The molecule has 0 saturated carbocycles. The van der Waals surface area contributed by atoms with Crippen molar-refractivity contribution in [3.63, 3.8) is 0 Å². The van der Waals surface area contributed by atoms with E-state index in [-0.39, 0.29) is 11.5 Å². The number of hydrogen-bond acceptors (Lipinski definition) is 5. The van der Waals surface area contributed by atoms with Gasteiger partial charge in [0.05, 0.1) is 10.7 Å². The quantitative estimate of drug-likeness (QED) is 0.398. The Morgan fingerprint density at radius 2 is 1.93 bits per heavy atom. The van der Waals surface area contributed by atoms with Gasteiger partial charge in [0.25, 0.3) is 0 Å². The third-order valence-corrected chi connectivity index (χ3v) is 5.92. The molecule has 0 radical (unpaired) electrons. The molecular weight excluding hydrogens is 403 g/mol. The van der Waals surface area contributed by atoms with Crippen LogP contribution in [-0.2, 0) is 0 Å². The van der Waals surface area contributed by atoms with Gasteiger partial charge in [0.15, 0.2) is 5.76 Å². The first-order valence-corrected chi connectivity index (χ1v) is 9.68. The number of carbonyl (C=O) groups excluding carboxylic acids is 1. The zero-order valence-corrected chi connectivity index (χ0v) is 16.8. The van der Waals surface area contributed by atoms with E-state index in [0.717, 1.165) is 21.5 Å². The van der Waals surface area contributed by atoms with Gasteiger partial charge in [-0.05, 0) is 55.8 Å². The van der Waals surface area contributed by atoms with Crippen molar-refractivity contribution in [1.29, 1.82) is 0 Å². The average Bonchev–Trinajstić information content (AvgIpc) is 3.21. The van der Waals surface area contributed by atoms with Crippen LogP contribution in [0.4, 0.5) is 5.69 Å². The van der Waals surface area contributed by atoms with Gasteiger partial charge in [0.2, 0.25) is 5.78 Å². The molecule has 4 nitrogen and oxygen atoms in total. The van der Waals surface area contributed by atoms with Crippen molar-refractivity contribution in [3.8, 4) is 11.3 Å². The van der Waals surface area contributed by atoms with Crippen LogP contribution in [-0.4, -0.2) is 10.8 Å². The number of nitrogens with zero attached hydrogens (tertiary/aromatic N) is 1. The van der Waals surface area contributed by atoms with E-state index in [1.807, 2.05) is 19.9 Å². The Kier molecular flexibility index (Phi) is 4.46. The molecule has 0 saturated heterocycles. The molecule has 3 heterocycles.